The van der Waals surface area contributed by atoms with E-state index in [1.54, 1.807) is 45.0 Å². The van der Waals surface area contributed by atoms with Gasteiger partial charge < -0.3 is 14.7 Å². The third-order valence-electron chi connectivity index (χ3n) is 4.92. The molecule has 3 amide bonds. The van der Waals surface area contributed by atoms with Gasteiger partial charge in [-0.1, -0.05) is 17.7 Å². The summed E-state index contributed by atoms with van der Waals surface area (Å²) in [6.45, 7) is 7.87. The number of carbonyl (C=O) groups excluding carboxylic acids is 3. The zero-order chi connectivity index (χ0) is 20.6. The van der Waals surface area contributed by atoms with Gasteiger partial charge in [0.2, 0.25) is 0 Å². The maximum absolute atomic E-state index is 12.5. The van der Waals surface area contributed by atoms with E-state index in [1.807, 2.05) is 6.92 Å². The number of imide groups is 1. The minimum absolute atomic E-state index is 0.129. The molecule has 1 aromatic carbocycles. The van der Waals surface area contributed by atoms with Crippen LogP contribution in [0.4, 0.5) is 4.79 Å². The van der Waals surface area contributed by atoms with E-state index < -0.39 is 17.8 Å². The molecule has 1 N–H and O–H groups in total. The van der Waals surface area contributed by atoms with Gasteiger partial charge in [-0.3, -0.25) is 14.5 Å². The van der Waals surface area contributed by atoms with Crippen LogP contribution in [0.15, 0.2) is 35.4 Å². The molecule has 0 radical (unpaired) electrons. The molecule has 3 rings (SSSR count). The van der Waals surface area contributed by atoms with Gasteiger partial charge >= 0.3 is 6.09 Å². The Morgan fingerprint density at radius 3 is 2.25 bits per heavy atom. The maximum atomic E-state index is 12.5. The van der Waals surface area contributed by atoms with E-state index in [0.29, 0.717) is 24.1 Å². The molecule has 0 aromatic heterocycles. The topological polar surface area (TPSA) is 87.2 Å². The molecule has 7 nitrogen and oxygen atoms in total. The highest BCUT2D eigenvalue weighted by molar-refractivity contribution is 6.21. The Hall–Kier alpha value is -2.67. The van der Waals surface area contributed by atoms with Crippen LogP contribution in [-0.2, 0) is 4.74 Å². The van der Waals surface area contributed by atoms with E-state index in [9.17, 15) is 19.5 Å². The van der Waals surface area contributed by atoms with E-state index >= 15 is 0 Å². The molecule has 0 saturated carbocycles. The Labute approximate surface area is 164 Å². The summed E-state index contributed by atoms with van der Waals surface area (Å²) in [5.74, 6) is -0.637. The first-order valence-electron chi connectivity index (χ1n) is 9.38. The van der Waals surface area contributed by atoms with Crippen LogP contribution in [0.1, 0.15) is 54.8 Å². The average Bonchev–Trinajstić information content (AvgIpc) is 2.85. The zero-order valence-corrected chi connectivity index (χ0v) is 16.7. The number of likely N-dealkylation sites (tertiary alicyclic amines) is 1. The lowest BCUT2D eigenvalue weighted by atomic mass is 9.96. The van der Waals surface area contributed by atoms with Crippen molar-refractivity contribution in [3.05, 3.63) is 46.5 Å². The van der Waals surface area contributed by atoms with Gasteiger partial charge in [0.15, 0.2) is 0 Å². The first-order valence-corrected chi connectivity index (χ1v) is 9.38. The fraction of sp³-hybridized carbons (Fsp3) is 0.476. The van der Waals surface area contributed by atoms with Crippen molar-refractivity contribution in [1.29, 1.82) is 0 Å². The number of β-amino-alcohol motifs (C(OH)–C–C–N with tert-alkyl or cyclic N) is 1. The van der Waals surface area contributed by atoms with Crippen LogP contribution in [0, 0.1) is 0 Å². The van der Waals surface area contributed by atoms with Gasteiger partial charge in [0.25, 0.3) is 11.8 Å². The zero-order valence-electron chi connectivity index (χ0n) is 16.7. The fourth-order valence-electron chi connectivity index (χ4n) is 3.54. The van der Waals surface area contributed by atoms with Crippen molar-refractivity contribution in [3.63, 3.8) is 0 Å². The van der Waals surface area contributed by atoms with Crippen LogP contribution in [0.3, 0.4) is 0 Å². The molecule has 1 unspecified atom stereocenters. The molecule has 2 aliphatic heterocycles. The Morgan fingerprint density at radius 2 is 1.75 bits per heavy atom. The molecule has 2 aliphatic rings. The van der Waals surface area contributed by atoms with Crippen molar-refractivity contribution >= 4 is 17.9 Å². The van der Waals surface area contributed by atoms with E-state index in [4.69, 9.17) is 4.74 Å². The highest BCUT2D eigenvalue weighted by Gasteiger charge is 2.36. The summed E-state index contributed by atoms with van der Waals surface area (Å²) in [7, 11) is 0. The van der Waals surface area contributed by atoms with Crippen LogP contribution in [0.5, 0.6) is 0 Å². The lowest BCUT2D eigenvalue weighted by molar-refractivity contribution is 0.0123. The number of carbonyl (C=O) groups is 3. The summed E-state index contributed by atoms with van der Waals surface area (Å²) in [5.41, 5.74) is 1.75. The number of benzene rings is 1. The summed E-state index contributed by atoms with van der Waals surface area (Å²) in [6.07, 6.45) is -0.838. The van der Waals surface area contributed by atoms with Crippen molar-refractivity contribution in [2.24, 2.45) is 0 Å². The molecule has 0 spiro atoms. The summed E-state index contributed by atoms with van der Waals surface area (Å²) in [4.78, 5) is 40.0. The summed E-state index contributed by atoms with van der Waals surface area (Å²) >= 11 is 0. The van der Waals surface area contributed by atoms with E-state index in [2.05, 4.69) is 0 Å². The molecular formula is C21H26N2O5. The molecule has 1 aromatic rings. The van der Waals surface area contributed by atoms with E-state index in [0.717, 1.165) is 11.1 Å². The van der Waals surface area contributed by atoms with Crippen LogP contribution >= 0.6 is 0 Å². The number of rotatable bonds is 2. The van der Waals surface area contributed by atoms with Crippen LogP contribution < -0.4 is 0 Å². The lowest BCUT2D eigenvalue weighted by Gasteiger charge is -2.34. The monoisotopic (exact) mass is 386 g/mol. The summed E-state index contributed by atoms with van der Waals surface area (Å²) < 4.78 is 5.36. The second kappa shape index (κ2) is 7.39. The predicted molar refractivity (Wildman–Crippen MR) is 103 cm³/mol. The molecule has 1 fully saturated rings. The van der Waals surface area contributed by atoms with Crippen molar-refractivity contribution in [3.8, 4) is 0 Å². The van der Waals surface area contributed by atoms with Gasteiger partial charge in [0.05, 0.1) is 30.3 Å². The van der Waals surface area contributed by atoms with Crippen LogP contribution in [-0.4, -0.2) is 64.2 Å². The van der Waals surface area contributed by atoms with Gasteiger partial charge in [0, 0.05) is 6.54 Å². The Bertz CT molecular complexity index is 818. The smallest absolute Gasteiger partial charge is 0.410 e. The molecule has 0 bridgehead atoms. The molecular weight excluding hydrogens is 360 g/mol. The Kier molecular flexibility index (Phi) is 5.30. The van der Waals surface area contributed by atoms with Gasteiger partial charge in [-0.15, -0.1) is 0 Å². The largest absolute Gasteiger partial charge is 0.444 e. The minimum Gasteiger partial charge on any atom is -0.444 e. The van der Waals surface area contributed by atoms with Gasteiger partial charge in [-0.2, -0.15) is 0 Å². The van der Waals surface area contributed by atoms with Crippen molar-refractivity contribution in [2.75, 3.05) is 19.6 Å². The predicted octanol–water partition coefficient (Wildman–Crippen LogP) is 2.60. The highest BCUT2D eigenvalue weighted by Crippen LogP contribution is 2.27. The van der Waals surface area contributed by atoms with Crippen molar-refractivity contribution < 1.29 is 24.2 Å². The number of ether oxygens (including phenoxy) is 1. The van der Waals surface area contributed by atoms with Crippen LogP contribution in [0.2, 0.25) is 0 Å². The first-order chi connectivity index (χ1) is 13.1. The summed E-state index contributed by atoms with van der Waals surface area (Å²) in [5, 5.41) is 10.5. The van der Waals surface area contributed by atoms with Gasteiger partial charge in [-0.05, 0) is 51.8 Å². The van der Waals surface area contributed by atoms with Gasteiger partial charge in [-0.25, -0.2) is 4.79 Å². The van der Waals surface area contributed by atoms with Crippen molar-refractivity contribution in [1.82, 2.24) is 9.80 Å². The standard InChI is InChI=1S/C21H26N2O5/c1-13(11-23-18(25)15-7-5-6-8-16(15)19(23)26)14-9-10-22(12-17(14)24)20(27)28-21(2,3)4/h5-8,17,24H,9-12H2,1-4H3. The number of aliphatic hydroxyl groups is 1. The van der Waals surface area contributed by atoms with E-state index in [1.165, 1.54) is 9.80 Å². The molecule has 1 saturated heterocycles. The minimum atomic E-state index is -0.851. The number of nitrogens with zero attached hydrogens (tertiary/aromatic N) is 2. The number of hydrogen-bond acceptors (Lipinski definition) is 5. The molecule has 2 heterocycles. The second-order valence-electron chi connectivity index (χ2n) is 8.24. The third kappa shape index (κ3) is 3.94. The Morgan fingerprint density at radius 1 is 1.18 bits per heavy atom. The number of fused-ring (bicyclic) bond motifs is 1. The number of amides is 3. The van der Waals surface area contributed by atoms with Crippen molar-refractivity contribution in [2.45, 2.75) is 45.8 Å². The number of aliphatic hydroxyl groups excluding tert-OH is 1. The van der Waals surface area contributed by atoms with Gasteiger partial charge in [0.1, 0.15) is 5.60 Å². The quantitative estimate of drug-likeness (QED) is 0.624. The first kappa shape index (κ1) is 20.1. The average molecular weight is 386 g/mol. The molecule has 1 atom stereocenters. The Balaban J connectivity index is 1.69. The molecule has 150 valence electrons. The number of hydrogen-bond donors (Lipinski definition) is 1. The molecule has 7 heteroatoms. The normalized spacial score (nSPS) is 21.7. The third-order valence-corrected chi connectivity index (χ3v) is 4.92. The SMILES string of the molecule is CC(CN1C(=O)c2ccccc2C1=O)=C1CCN(C(=O)OC(C)(C)C)CC1O. The lowest BCUT2D eigenvalue weighted by Crippen LogP contribution is -2.46. The molecule has 28 heavy (non-hydrogen) atoms. The van der Waals surface area contributed by atoms with Crippen LogP contribution in [0.25, 0.3) is 0 Å². The fourth-order valence-corrected chi connectivity index (χ4v) is 3.54. The highest BCUT2D eigenvalue weighted by atomic mass is 16.6. The van der Waals surface area contributed by atoms with E-state index in [-0.39, 0.29) is 24.9 Å². The second-order valence-corrected chi connectivity index (χ2v) is 8.24. The maximum Gasteiger partial charge on any atom is 0.410 e. The molecule has 0 aliphatic carbocycles. The summed E-state index contributed by atoms with van der Waals surface area (Å²) in [6, 6.07) is 6.75. The number of piperidine rings is 1.